The summed E-state index contributed by atoms with van der Waals surface area (Å²) < 4.78 is 13.1. The molecule has 61 valence electrons. The minimum absolute atomic E-state index is 0.317. The number of benzene rings is 1. The molecule has 1 radical (unpaired) electrons. The van der Waals surface area contributed by atoms with E-state index in [1.54, 1.807) is 24.5 Å². The molecule has 0 aliphatic rings. The van der Waals surface area contributed by atoms with Gasteiger partial charge in [0, 0.05) is 0 Å². The Kier molecular flexibility index (Phi) is 3.17. The summed E-state index contributed by atoms with van der Waals surface area (Å²) in [6, 6.07) is 4.49. The first-order valence-electron chi connectivity index (χ1n) is 3.23. The minimum Gasteiger partial charge on any atom is -0.286 e. The van der Waals surface area contributed by atoms with Gasteiger partial charge in [0.15, 0.2) is 0 Å². The van der Waals surface area contributed by atoms with Crippen molar-refractivity contribution in [2.75, 3.05) is 0 Å². The molecule has 0 bridgehead atoms. The number of carbonyl (C=O) groups excluding carboxylic acids is 1. The van der Waals surface area contributed by atoms with Crippen LogP contribution in [0.1, 0.15) is 5.56 Å². The summed E-state index contributed by atoms with van der Waals surface area (Å²) >= 11 is 3.03. The molecule has 0 unspecified atom stereocenters. The molecule has 0 fully saturated rings. The van der Waals surface area contributed by atoms with Crippen molar-refractivity contribution in [2.24, 2.45) is 0 Å². The molecule has 0 spiro atoms. The average molecular weight is 228 g/mol. The zero-order chi connectivity index (χ0) is 8.97. The van der Waals surface area contributed by atoms with E-state index in [1.165, 1.54) is 12.1 Å². The van der Waals surface area contributed by atoms with Crippen LogP contribution in [0.25, 0.3) is 6.08 Å². The monoisotopic (exact) mass is 227 g/mol. The highest BCUT2D eigenvalue weighted by Crippen LogP contribution is 2.17. The number of halogens is 2. The topological polar surface area (TPSA) is 17.1 Å². The van der Waals surface area contributed by atoms with Crippen LogP contribution in [0, 0.1) is 5.82 Å². The van der Waals surface area contributed by atoms with E-state index in [0.29, 0.717) is 4.47 Å². The molecular formula is C9H5BrFO. The van der Waals surface area contributed by atoms with Gasteiger partial charge in [-0.2, -0.15) is 0 Å². The van der Waals surface area contributed by atoms with Crippen LogP contribution in [0.5, 0.6) is 0 Å². The standard InChI is InChI=1S/C9H5BrFO/c10-8-6-7(2-1-5-12)3-4-9(8)11/h1-4,6H. The van der Waals surface area contributed by atoms with Gasteiger partial charge in [0.2, 0.25) is 6.29 Å². The fourth-order valence-corrected chi connectivity index (χ4v) is 1.14. The highest BCUT2D eigenvalue weighted by atomic mass is 79.9. The van der Waals surface area contributed by atoms with Crippen molar-refractivity contribution in [1.82, 2.24) is 0 Å². The summed E-state index contributed by atoms with van der Waals surface area (Å²) in [6.45, 7) is 0. The first-order valence-corrected chi connectivity index (χ1v) is 4.02. The molecule has 0 atom stereocenters. The third-order valence-corrected chi connectivity index (χ3v) is 1.90. The van der Waals surface area contributed by atoms with Gasteiger partial charge in [-0.15, -0.1) is 0 Å². The maximum atomic E-state index is 12.7. The smallest absolute Gasteiger partial charge is 0.225 e. The minimum atomic E-state index is -0.317. The van der Waals surface area contributed by atoms with Crippen LogP contribution in [0.3, 0.4) is 0 Å². The van der Waals surface area contributed by atoms with E-state index >= 15 is 0 Å². The van der Waals surface area contributed by atoms with Gasteiger partial charge < -0.3 is 0 Å². The highest BCUT2D eigenvalue weighted by molar-refractivity contribution is 9.10. The van der Waals surface area contributed by atoms with Gasteiger partial charge in [0.1, 0.15) is 5.82 Å². The van der Waals surface area contributed by atoms with E-state index in [2.05, 4.69) is 15.9 Å². The Labute approximate surface area is 78.0 Å². The number of rotatable bonds is 2. The van der Waals surface area contributed by atoms with Crippen molar-refractivity contribution in [3.8, 4) is 0 Å². The summed E-state index contributed by atoms with van der Waals surface area (Å²) in [5.74, 6) is -0.317. The molecule has 12 heavy (non-hydrogen) atoms. The normalized spacial score (nSPS) is 10.5. The maximum absolute atomic E-state index is 12.7. The van der Waals surface area contributed by atoms with E-state index < -0.39 is 0 Å². The van der Waals surface area contributed by atoms with Crippen molar-refractivity contribution < 1.29 is 9.18 Å². The Hall–Kier alpha value is -0.960. The summed E-state index contributed by atoms with van der Waals surface area (Å²) in [4.78, 5) is 9.83. The quantitative estimate of drug-likeness (QED) is 0.711. The Balaban J connectivity index is 2.96. The molecular weight excluding hydrogens is 223 g/mol. The van der Waals surface area contributed by atoms with Crippen LogP contribution >= 0.6 is 15.9 Å². The van der Waals surface area contributed by atoms with Crippen molar-refractivity contribution >= 4 is 28.3 Å². The second-order valence-corrected chi connectivity index (χ2v) is 2.98. The molecule has 1 nitrogen and oxygen atoms in total. The average Bonchev–Trinajstić information content (AvgIpc) is 2.07. The Bertz CT molecular complexity index is 320. The predicted molar refractivity (Wildman–Crippen MR) is 48.8 cm³/mol. The van der Waals surface area contributed by atoms with Gasteiger partial charge in [-0.05, 0) is 39.7 Å². The molecule has 0 aliphatic carbocycles. The first kappa shape index (κ1) is 9.13. The zero-order valence-corrected chi connectivity index (χ0v) is 7.64. The second kappa shape index (κ2) is 4.16. The number of hydrogen-bond acceptors (Lipinski definition) is 1. The summed E-state index contributed by atoms with van der Waals surface area (Å²) in [7, 11) is 0. The van der Waals surface area contributed by atoms with Gasteiger partial charge in [-0.25, -0.2) is 4.39 Å². The van der Waals surface area contributed by atoms with E-state index in [0.717, 1.165) is 5.56 Å². The molecule has 0 heterocycles. The fraction of sp³-hybridized carbons (Fsp3) is 0. The lowest BCUT2D eigenvalue weighted by Crippen LogP contribution is -1.78. The van der Waals surface area contributed by atoms with E-state index in [1.807, 2.05) is 0 Å². The first-order chi connectivity index (χ1) is 5.74. The maximum Gasteiger partial charge on any atom is 0.225 e. The van der Waals surface area contributed by atoms with Gasteiger partial charge >= 0.3 is 0 Å². The van der Waals surface area contributed by atoms with Crippen LogP contribution in [0.2, 0.25) is 0 Å². The summed E-state index contributed by atoms with van der Waals surface area (Å²) in [6.07, 6.45) is 4.40. The Morgan fingerprint density at radius 1 is 1.50 bits per heavy atom. The lowest BCUT2D eigenvalue weighted by Gasteiger charge is -1.95. The third kappa shape index (κ3) is 2.27. The third-order valence-electron chi connectivity index (χ3n) is 1.29. The molecule has 0 aromatic heterocycles. The van der Waals surface area contributed by atoms with Gasteiger partial charge in [0.25, 0.3) is 0 Å². The lowest BCUT2D eigenvalue weighted by atomic mass is 10.2. The molecule has 1 rings (SSSR count). The van der Waals surface area contributed by atoms with Crippen molar-refractivity contribution in [3.63, 3.8) is 0 Å². The molecule has 1 aromatic carbocycles. The van der Waals surface area contributed by atoms with E-state index in [4.69, 9.17) is 0 Å². The second-order valence-electron chi connectivity index (χ2n) is 2.12. The van der Waals surface area contributed by atoms with Crippen LogP contribution < -0.4 is 0 Å². The lowest BCUT2D eigenvalue weighted by molar-refractivity contribution is 0.564. The predicted octanol–water partition coefficient (Wildman–Crippen LogP) is 2.71. The van der Waals surface area contributed by atoms with Crippen molar-refractivity contribution in [1.29, 1.82) is 0 Å². The molecule has 0 amide bonds. The van der Waals surface area contributed by atoms with Crippen LogP contribution in [0.15, 0.2) is 28.7 Å². The van der Waals surface area contributed by atoms with E-state index in [9.17, 15) is 9.18 Å². The summed E-state index contributed by atoms with van der Waals surface area (Å²) in [5.41, 5.74) is 0.756. The van der Waals surface area contributed by atoms with E-state index in [-0.39, 0.29) is 5.82 Å². The Morgan fingerprint density at radius 3 is 2.83 bits per heavy atom. The summed E-state index contributed by atoms with van der Waals surface area (Å²) in [5, 5.41) is 0. The fourth-order valence-electron chi connectivity index (χ4n) is 0.746. The largest absolute Gasteiger partial charge is 0.286 e. The van der Waals surface area contributed by atoms with Crippen LogP contribution in [-0.2, 0) is 4.79 Å². The highest BCUT2D eigenvalue weighted by Gasteiger charge is 1.96. The molecule has 0 saturated carbocycles. The van der Waals surface area contributed by atoms with Crippen LogP contribution in [0.4, 0.5) is 4.39 Å². The van der Waals surface area contributed by atoms with Gasteiger partial charge in [-0.3, -0.25) is 4.79 Å². The molecule has 0 N–H and O–H groups in total. The van der Waals surface area contributed by atoms with Crippen molar-refractivity contribution in [2.45, 2.75) is 0 Å². The molecule has 1 aromatic rings. The van der Waals surface area contributed by atoms with Crippen molar-refractivity contribution in [3.05, 3.63) is 40.1 Å². The zero-order valence-electron chi connectivity index (χ0n) is 6.05. The molecule has 0 aliphatic heterocycles. The Morgan fingerprint density at radius 2 is 2.25 bits per heavy atom. The van der Waals surface area contributed by atoms with Gasteiger partial charge in [-0.1, -0.05) is 12.1 Å². The van der Waals surface area contributed by atoms with Crippen LogP contribution in [-0.4, -0.2) is 6.29 Å². The van der Waals surface area contributed by atoms with Gasteiger partial charge in [0.05, 0.1) is 4.47 Å². The SMILES string of the molecule is O=[C]C=Cc1ccc(F)c(Br)c1. The number of allylic oxidation sites excluding steroid dienone is 1. The molecule has 3 heteroatoms. The number of hydrogen-bond donors (Lipinski definition) is 0. The molecule has 0 saturated heterocycles.